The highest BCUT2D eigenvalue weighted by Crippen LogP contribution is 2.40. The summed E-state index contributed by atoms with van der Waals surface area (Å²) in [5, 5.41) is 8.78. The van der Waals surface area contributed by atoms with Crippen molar-refractivity contribution < 1.29 is 23.1 Å². The Hall–Kier alpha value is -1.01. The average Bonchev–Trinajstić information content (AvgIpc) is 2.27. The van der Waals surface area contributed by atoms with Crippen LogP contribution in [0, 0.1) is 11.3 Å². The third-order valence-corrected chi connectivity index (χ3v) is 3.73. The van der Waals surface area contributed by atoms with E-state index in [4.69, 9.17) is 0 Å². The lowest BCUT2D eigenvalue weighted by Gasteiger charge is -2.32. The lowest BCUT2D eigenvalue weighted by atomic mass is 9.81. The van der Waals surface area contributed by atoms with Crippen molar-refractivity contribution in [3.8, 4) is 0 Å². The maximum atomic E-state index is 13.1. The highest BCUT2D eigenvalue weighted by atomic mass is 32.2. The molecule has 0 heterocycles. The van der Waals surface area contributed by atoms with Gasteiger partial charge in [-0.1, -0.05) is 50.7 Å². The van der Waals surface area contributed by atoms with E-state index in [2.05, 4.69) is 0 Å². The van der Waals surface area contributed by atoms with Crippen LogP contribution >= 0.6 is 11.8 Å². The number of thioether (sulfide) groups is 1. The van der Waals surface area contributed by atoms with Crippen LogP contribution < -0.4 is 0 Å². The first-order valence-corrected chi connectivity index (χ1v) is 6.86. The third-order valence-electron chi connectivity index (χ3n) is 2.77. The number of aliphatic hydroxyl groups excluding tert-OH is 1. The summed E-state index contributed by atoms with van der Waals surface area (Å²) in [6.45, 7) is 4.41. The summed E-state index contributed by atoms with van der Waals surface area (Å²) in [6.07, 6.45) is -6.56. The lowest BCUT2D eigenvalue weighted by molar-refractivity contribution is -0.207. The van der Waals surface area contributed by atoms with E-state index in [0.717, 1.165) is 0 Å². The van der Waals surface area contributed by atoms with Gasteiger partial charge in [0.1, 0.15) is 0 Å². The van der Waals surface area contributed by atoms with Gasteiger partial charge in [-0.2, -0.15) is 13.2 Å². The van der Waals surface area contributed by atoms with Crippen molar-refractivity contribution in [2.75, 3.05) is 0 Å². The van der Waals surface area contributed by atoms with Crippen LogP contribution in [0.15, 0.2) is 35.2 Å². The Morgan fingerprint density at radius 1 is 1.15 bits per heavy atom. The molecule has 0 radical (unpaired) electrons. The predicted octanol–water partition coefficient (Wildman–Crippen LogP) is 3.89. The van der Waals surface area contributed by atoms with Gasteiger partial charge in [0.15, 0.2) is 5.92 Å². The Bertz CT molecular complexity index is 452. The summed E-state index contributed by atoms with van der Waals surface area (Å²) >= 11 is 0.504. The third kappa shape index (κ3) is 4.52. The fourth-order valence-corrected chi connectivity index (χ4v) is 2.52. The maximum absolute atomic E-state index is 13.1. The molecule has 2 atom stereocenters. The minimum Gasteiger partial charge on any atom is -0.391 e. The topological polar surface area (TPSA) is 37.3 Å². The first-order chi connectivity index (χ1) is 9.03. The minimum atomic E-state index is -4.77. The van der Waals surface area contributed by atoms with Gasteiger partial charge < -0.3 is 5.11 Å². The van der Waals surface area contributed by atoms with Crippen molar-refractivity contribution in [3.05, 3.63) is 30.3 Å². The number of alkyl halides is 3. The number of halogens is 3. The molecule has 6 heteroatoms. The SMILES string of the molecule is CC(C)(C)[C@@H](O)[C@H](C(=O)Sc1ccccc1)C(F)(F)F. The van der Waals surface area contributed by atoms with E-state index >= 15 is 0 Å². The molecule has 0 saturated heterocycles. The van der Waals surface area contributed by atoms with E-state index in [-0.39, 0.29) is 0 Å². The van der Waals surface area contributed by atoms with E-state index < -0.39 is 28.7 Å². The van der Waals surface area contributed by atoms with Crippen LogP contribution in [0.3, 0.4) is 0 Å². The maximum Gasteiger partial charge on any atom is 0.402 e. The van der Waals surface area contributed by atoms with E-state index in [1.165, 1.54) is 20.8 Å². The Morgan fingerprint density at radius 2 is 1.65 bits per heavy atom. The Balaban J connectivity index is 2.98. The van der Waals surface area contributed by atoms with Crippen molar-refractivity contribution >= 4 is 16.9 Å². The number of hydrogen-bond donors (Lipinski definition) is 1. The van der Waals surface area contributed by atoms with Gasteiger partial charge in [0.25, 0.3) is 0 Å². The van der Waals surface area contributed by atoms with Crippen LogP contribution in [0.4, 0.5) is 13.2 Å². The first-order valence-electron chi connectivity index (χ1n) is 6.05. The molecule has 20 heavy (non-hydrogen) atoms. The van der Waals surface area contributed by atoms with Gasteiger partial charge in [-0.05, 0) is 17.5 Å². The van der Waals surface area contributed by atoms with Crippen molar-refractivity contribution in [1.82, 2.24) is 0 Å². The second kappa shape index (κ2) is 6.18. The predicted molar refractivity (Wildman–Crippen MR) is 72.3 cm³/mol. The molecule has 0 saturated carbocycles. The molecule has 0 amide bonds. The summed E-state index contributed by atoms with van der Waals surface area (Å²) in [4.78, 5) is 12.4. The van der Waals surface area contributed by atoms with Gasteiger partial charge in [-0.25, -0.2) is 0 Å². The molecule has 0 unspecified atom stereocenters. The van der Waals surface area contributed by atoms with Crippen LogP contribution in [0.1, 0.15) is 20.8 Å². The molecule has 1 N–H and O–H groups in total. The molecule has 0 bridgehead atoms. The Labute approximate surface area is 120 Å². The monoisotopic (exact) mass is 306 g/mol. The molecule has 1 rings (SSSR count). The van der Waals surface area contributed by atoms with Crippen LogP contribution in [0.25, 0.3) is 0 Å². The van der Waals surface area contributed by atoms with Crippen molar-refractivity contribution in [3.63, 3.8) is 0 Å². The zero-order valence-corrected chi connectivity index (χ0v) is 12.3. The quantitative estimate of drug-likeness (QED) is 0.861. The van der Waals surface area contributed by atoms with Crippen molar-refractivity contribution in [2.45, 2.75) is 37.9 Å². The number of rotatable bonds is 3. The molecule has 0 aliphatic carbocycles. The number of benzene rings is 1. The molecule has 1 aromatic carbocycles. The smallest absolute Gasteiger partial charge is 0.391 e. The second-order valence-electron chi connectivity index (χ2n) is 5.56. The fraction of sp³-hybridized carbons (Fsp3) is 0.500. The van der Waals surface area contributed by atoms with Crippen LogP contribution in [0.5, 0.6) is 0 Å². The van der Waals surface area contributed by atoms with Gasteiger partial charge in [0, 0.05) is 4.90 Å². The van der Waals surface area contributed by atoms with Crippen LogP contribution in [-0.2, 0) is 4.79 Å². The Morgan fingerprint density at radius 3 is 2.05 bits per heavy atom. The summed E-state index contributed by atoms with van der Waals surface area (Å²) in [5.74, 6) is -2.40. The molecule has 0 fully saturated rings. The molecule has 0 aromatic heterocycles. The average molecular weight is 306 g/mol. The number of carbonyl (C=O) groups is 1. The van der Waals surface area contributed by atoms with E-state index in [1.807, 2.05) is 0 Å². The van der Waals surface area contributed by atoms with E-state index in [9.17, 15) is 23.1 Å². The Kier molecular flexibility index (Phi) is 5.27. The van der Waals surface area contributed by atoms with Gasteiger partial charge in [0.2, 0.25) is 5.12 Å². The normalized spacial score (nSPS) is 15.8. The first kappa shape index (κ1) is 17.0. The highest BCUT2D eigenvalue weighted by Gasteiger charge is 2.52. The number of carbonyl (C=O) groups excluding carboxylic acids is 1. The summed E-state index contributed by atoms with van der Waals surface area (Å²) in [7, 11) is 0. The van der Waals surface area contributed by atoms with Gasteiger partial charge in [-0.15, -0.1) is 0 Å². The van der Waals surface area contributed by atoms with E-state index in [0.29, 0.717) is 16.7 Å². The zero-order chi connectivity index (χ0) is 15.6. The number of hydrogen-bond acceptors (Lipinski definition) is 3. The van der Waals surface area contributed by atoms with Crippen LogP contribution in [-0.4, -0.2) is 22.5 Å². The van der Waals surface area contributed by atoms with Gasteiger partial charge in [0.05, 0.1) is 6.10 Å². The standard InChI is InChI=1S/C14H17F3O2S/c1-13(2,3)11(18)10(14(15,16)17)12(19)20-9-7-5-4-6-8-9/h4-8,10-11,18H,1-3H3/t10-,11+/m1/s1. The number of aliphatic hydroxyl groups is 1. The molecule has 0 spiro atoms. The largest absolute Gasteiger partial charge is 0.402 e. The second-order valence-corrected chi connectivity index (χ2v) is 6.64. The molecule has 0 aliphatic rings. The fourth-order valence-electron chi connectivity index (χ4n) is 1.61. The van der Waals surface area contributed by atoms with Gasteiger partial charge >= 0.3 is 6.18 Å². The molecule has 2 nitrogen and oxygen atoms in total. The lowest BCUT2D eigenvalue weighted by Crippen LogP contribution is -2.45. The molecular weight excluding hydrogens is 289 g/mol. The van der Waals surface area contributed by atoms with E-state index in [1.54, 1.807) is 30.3 Å². The molecule has 112 valence electrons. The molecule has 1 aromatic rings. The highest BCUT2D eigenvalue weighted by molar-refractivity contribution is 8.13. The summed E-state index contributed by atoms with van der Waals surface area (Å²) < 4.78 is 39.2. The summed E-state index contributed by atoms with van der Waals surface area (Å²) in [5.41, 5.74) is -1.03. The van der Waals surface area contributed by atoms with Gasteiger partial charge in [-0.3, -0.25) is 4.79 Å². The van der Waals surface area contributed by atoms with Crippen LogP contribution in [0.2, 0.25) is 0 Å². The molecular formula is C14H17F3O2S. The zero-order valence-electron chi connectivity index (χ0n) is 11.4. The van der Waals surface area contributed by atoms with Crippen molar-refractivity contribution in [1.29, 1.82) is 0 Å². The summed E-state index contributed by atoms with van der Waals surface area (Å²) in [6, 6.07) is 8.09. The minimum absolute atomic E-state index is 0.424. The van der Waals surface area contributed by atoms with Crippen molar-refractivity contribution in [2.24, 2.45) is 11.3 Å². The molecule has 0 aliphatic heterocycles.